The molecule has 7 heteroatoms. The Morgan fingerprint density at radius 2 is 2.15 bits per heavy atom. The molecule has 1 aromatic rings. The first-order chi connectivity index (χ1) is 12.2. The quantitative estimate of drug-likeness (QED) is 0.355. The van der Waals surface area contributed by atoms with Crippen molar-refractivity contribution in [3.63, 3.8) is 0 Å². The van der Waals surface area contributed by atoms with E-state index < -0.39 is 0 Å². The summed E-state index contributed by atoms with van der Waals surface area (Å²) in [6.07, 6.45) is 1.93. The van der Waals surface area contributed by atoms with Crippen molar-refractivity contribution in [2.24, 2.45) is 10.9 Å². The van der Waals surface area contributed by atoms with Gasteiger partial charge in [0.2, 0.25) is 0 Å². The van der Waals surface area contributed by atoms with Crippen molar-refractivity contribution in [2.45, 2.75) is 19.8 Å². The van der Waals surface area contributed by atoms with Gasteiger partial charge in [-0.3, -0.25) is 4.99 Å². The first-order valence-electron chi connectivity index (χ1n) is 8.96. The van der Waals surface area contributed by atoms with Gasteiger partial charge in [0.25, 0.3) is 0 Å². The lowest BCUT2D eigenvalue weighted by molar-refractivity contribution is 0.181. The molecule has 1 aromatic carbocycles. The molecular formula is C19H32IN3O3. The zero-order valence-electron chi connectivity index (χ0n) is 16.3. The van der Waals surface area contributed by atoms with Gasteiger partial charge >= 0.3 is 0 Å². The molecule has 1 fully saturated rings. The number of aliphatic imine (C=N–C) groups is 1. The molecule has 0 amide bonds. The zero-order chi connectivity index (χ0) is 18.1. The second-order valence-electron chi connectivity index (χ2n) is 6.27. The number of nitrogens with zero attached hydrogens (tertiary/aromatic N) is 2. The highest BCUT2D eigenvalue weighted by molar-refractivity contribution is 14.0. The summed E-state index contributed by atoms with van der Waals surface area (Å²) >= 11 is 0. The Balaban J connectivity index is 0.00000338. The van der Waals surface area contributed by atoms with Gasteiger partial charge in [0.05, 0.1) is 20.8 Å². The number of nitrogens with one attached hydrogen (secondary N) is 1. The van der Waals surface area contributed by atoms with E-state index in [2.05, 4.69) is 24.2 Å². The molecule has 6 nitrogen and oxygen atoms in total. The summed E-state index contributed by atoms with van der Waals surface area (Å²) in [7, 11) is 5.46. The second kappa shape index (κ2) is 12.2. The van der Waals surface area contributed by atoms with Crippen LogP contribution in [0.4, 0.5) is 0 Å². The summed E-state index contributed by atoms with van der Waals surface area (Å²) in [5.74, 6) is 3.24. The number of hydrogen-bond donors (Lipinski definition) is 1. The lowest BCUT2D eigenvalue weighted by atomic mass is 10.1. The largest absolute Gasteiger partial charge is 0.497 e. The molecule has 1 atom stereocenters. The van der Waals surface area contributed by atoms with E-state index in [1.54, 1.807) is 14.2 Å². The molecule has 2 rings (SSSR count). The molecule has 148 valence electrons. The predicted molar refractivity (Wildman–Crippen MR) is 116 cm³/mol. The SMILES string of the molecule is CCNC(=NCCc1cc(OC)ccc1OC)N(C)CC1CCOC1.I. The molecular weight excluding hydrogens is 445 g/mol. The number of ether oxygens (including phenoxy) is 3. The van der Waals surface area contributed by atoms with E-state index in [1.807, 2.05) is 18.2 Å². The molecule has 0 spiro atoms. The number of halogens is 1. The topological polar surface area (TPSA) is 55.3 Å². The number of rotatable bonds is 8. The monoisotopic (exact) mass is 477 g/mol. The highest BCUT2D eigenvalue weighted by Gasteiger charge is 2.19. The summed E-state index contributed by atoms with van der Waals surface area (Å²) in [5.41, 5.74) is 1.10. The molecule has 1 aliphatic rings. The van der Waals surface area contributed by atoms with Crippen molar-refractivity contribution in [3.8, 4) is 11.5 Å². The molecule has 0 bridgehead atoms. The molecule has 0 saturated carbocycles. The van der Waals surface area contributed by atoms with E-state index in [9.17, 15) is 0 Å². The van der Waals surface area contributed by atoms with Gasteiger partial charge in [-0.15, -0.1) is 24.0 Å². The molecule has 0 aliphatic carbocycles. The number of hydrogen-bond acceptors (Lipinski definition) is 4. The lowest BCUT2D eigenvalue weighted by Gasteiger charge is -2.24. The van der Waals surface area contributed by atoms with Crippen LogP contribution in [-0.4, -0.2) is 65.0 Å². The van der Waals surface area contributed by atoms with Crippen LogP contribution in [0.2, 0.25) is 0 Å². The first-order valence-corrected chi connectivity index (χ1v) is 8.96. The molecule has 1 aliphatic heterocycles. The summed E-state index contributed by atoms with van der Waals surface area (Å²) in [5, 5.41) is 3.37. The maximum absolute atomic E-state index is 5.47. The van der Waals surface area contributed by atoms with Gasteiger partial charge in [-0.05, 0) is 43.5 Å². The summed E-state index contributed by atoms with van der Waals surface area (Å²) in [6.45, 7) is 6.33. The van der Waals surface area contributed by atoms with E-state index in [0.717, 1.165) is 62.2 Å². The van der Waals surface area contributed by atoms with E-state index in [1.165, 1.54) is 0 Å². The Kier molecular flexibility index (Phi) is 10.7. The number of guanidine groups is 1. The van der Waals surface area contributed by atoms with Crippen molar-refractivity contribution in [2.75, 3.05) is 54.1 Å². The van der Waals surface area contributed by atoms with Gasteiger partial charge in [0, 0.05) is 39.2 Å². The van der Waals surface area contributed by atoms with E-state index in [-0.39, 0.29) is 24.0 Å². The minimum Gasteiger partial charge on any atom is -0.497 e. The van der Waals surface area contributed by atoms with Crippen LogP contribution in [-0.2, 0) is 11.2 Å². The smallest absolute Gasteiger partial charge is 0.193 e. The Morgan fingerprint density at radius 3 is 2.77 bits per heavy atom. The van der Waals surface area contributed by atoms with Crippen LogP contribution in [0, 0.1) is 5.92 Å². The Labute approximate surface area is 174 Å². The maximum atomic E-state index is 5.47. The molecule has 26 heavy (non-hydrogen) atoms. The second-order valence-corrected chi connectivity index (χ2v) is 6.27. The van der Waals surface area contributed by atoms with Gasteiger partial charge in [-0.25, -0.2) is 0 Å². The molecule has 1 saturated heterocycles. The van der Waals surface area contributed by atoms with Crippen LogP contribution >= 0.6 is 24.0 Å². The van der Waals surface area contributed by atoms with Crippen LogP contribution in [0.15, 0.2) is 23.2 Å². The Hall–Kier alpha value is -1.22. The highest BCUT2D eigenvalue weighted by Crippen LogP contribution is 2.24. The zero-order valence-corrected chi connectivity index (χ0v) is 18.6. The van der Waals surface area contributed by atoms with Crippen molar-refractivity contribution < 1.29 is 14.2 Å². The van der Waals surface area contributed by atoms with Gasteiger partial charge in [0.1, 0.15) is 11.5 Å². The predicted octanol–water partition coefficient (Wildman–Crippen LogP) is 2.80. The highest BCUT2D eigenvalue weighted by atomic mass is 127. The fourth-order valence-corrected chi connectivity index (χ4v) is 3.03. The molecule has 1 heterocycles. The van der Waals surface area contributed by atoms with Gasteiger partial charge in [-0.1, -0.05) is 0 Å². The molecule has 0 aromatic heterocycles. The van der Waals surface area contributed by atoms with Gasteiger partial charge in [0.15, 0.2) is 5.96 Å². The third kappa shape index (κ3) is 6.83. The normalized spacial score (nSPS) is 16.8. The van der Waals surface area contributed by atoms with Crippen molar-refractivity contribution in [3.05, 3.63) is 23.8 Å². The average Bonchev–Trinajstić information content (AvgIpc) is 3.13. The maximum Gasteiger partial charge on any atom is 0.193 e. The fourth-order valence-electron chi connectivity index (χ4n) is 3.03. The standard InChI is InChI=1S/C19H31N3O3.HI/c1-5-20-19(22(2)13-15-9-11-25-14-15)21-10-8-16-12-17(23-3)6-7-18(16)24-4;/h6-7,12,15H,5,8-11,13-14H2,1-4H3,(H,20,21);1H. The Bertz CT molecular complexity index is 563. The third-order valence-corrected chi connectivity index (χ3v) is 4.38. The van der Waals surface area contributed by atoms with Crippen LogP contribution in [0.1, 0.15) is 18.9 Å². The molecule has 0 radical (unpaired) electrons. The van der Waals surface area contributed by atoms with Crippen molar-refractivity contribution >= 4 is 29.9 Å². The van der Waals surface area contributed by atoms with Crippen LogP contribution in [0.5, 0.6) is 11.5 Å². The van der Waals surface area contributed by atoms with Crippen molar-refractivity contribution in [1.29, 1.82) is 0 Å². The number of benzene rings is 1. The molecule has 1 unspecified atom stereocenters. The lowest BCUT2D eigenvalue weighted by Crippen LogP contribution is -2.41. The summed E-state index contributed by atoms with van der Waals surface area (Å²) in [6, 6.07) is 5.86. The fraction of sp³-hybridized carbons (Fsp3) is 0.632. The van der Waals surface area contributed by atoms with E-state index in [4.69, 9.17) is 19.2 Å². The van der Waals surface area contributed by atoms with Crippen LogP contribution in [0.25, 0.3) is 0 Å². The average molecular weight is 477 g/mol. The minimum atomic E-state index is 0. The van der Waals surface area contributed by atoms with Crippen LogP contribution < -0.4 is 14.8 Å². The molecule has 1 N–H and O–H groups in total. The third-order valence-electron chi connectivity index (χ3n) is 4.38. The summed E-state index contributed by atoms with van der Waals surface area (Å²) in [4.78, 5) is 6.98. The van der Waals surface area contributed by atoms with Crippen molar-refractivity contribution in [1.82, 2.24) is 10.2 Å². The van der Waals surface area contributed by atoms with Crippen LogP contribution in [0.3, 0.4) is 0 Å². The summed E-state index contributed by atoms with van der Waals surface area (Å²) < 4.78 is 16.2. The minimum absolute atomic E-state index is 0. The first kappa shape index (κ1) is 22.8. The van der Waals surface area contributed by atoms with E-state index in [0.29, 0.717) is 12.5 Å². The van der Waals surface area contributed by atoms with Gasteiger partial charge in [-0.2, -0.15) is 0 Å². The van der Waals surface area contributed by atoms with E-state index >= 15 is 0 Å². The number of methoxy groups -OCH3 is 2. The Morgan fingerprint density at radius 1 is 1.35 bits per heavy atom. The van der Waals surface area contributed by atoms with Gasteiger partial charge < -0.3 is 24.4 Å².